The normalized spacial score (nSPS) is 11.4. The van der Waals surface area contributed by atoms with Gasteiger partial charge in [-0.3, -0.25) is 4.98 Å². The predicted molar refractivity (Wildman–Crippen MR) is 173 cm³/mol. The Balaban J connectivity index is 1.19. The summed E-state index contributed by atoms with van der Waals surface area (Å²) in [6, 6.07) is 50.3. The predicted octanol–water partition coefficient (Wildman–Crippen LogP) is 10.5. The van der Waals surface area contributed by atoms with Gasteiger partial charge in [-0.15, -0.1) is 0 Å². The van der Waals surface area contributed by atoms with Gasteiger partial charge in [-0.2, -0.15) is 0 Å². The van der Waals surface area contributed by atoms with Crippen LogP contribution in [0.5, 0.6) is 0 Å². The van der Waals surface area contributed by atoms with Gasteiger partial charge in [0.15, 0.2) is 0 Å². The van der Waals surface area contributed by atoms with Gasteiger partial charge < -0.3 is 4.98 Å². The molecule has 0 spiro atoms. The summed E-state index contributed by atoms with van der Waals surface area (Å²) in [7, 11) is 0. The van der Waals surface area contributed by atoms with E-state index in [0.717, 1.165) is 5.56 Å². The van der Waals surface area contributed by atoms with Crippen molar-refractivity contribution in [1.29, 1.82) is 0 Å². The summed E-state index contributed by atoms with van der Waals surface area (Å²) in [5.74, 6) is 0. The van der Waals surface area contributed by atoms with Crippen LogP contribution in [-0.2, 0) is 0 Å². The van der Waals surface area contributed by atoms with Gasteiger partial charge >= 0.3 is 0 Å². The molecule has 0 aliphatic carbocycles. The Hall–Kier alpha value is -5.47. The molecule has 0 aliphatic rings. The maximum Gasteiger partial charge on any atom is 0.0465 e. The first-order valence-corrected chi connectivity index (χ1v) is 14.0. The number of aromatic amines is 1. The van der Waals surface area contributed by atoms with Crippen LogP contribution in [0.3, 0.4) is 0 Å². The number of H-pyrrole nitrogens is 1. The number of pyridine rings is 1. The first-order chi connectivity index (χ1) is 20.3. The summed E-state index contributed by atoms with van der Waals surface area (Å²) in [5.41, 5.74) is 12.0. The van der Waals surface area contributed by atoms with Crippen LogP contribution in [0.25, 0.3) is 77.1 Å². The van der Waals surface area contributed by atoms with E-state index in [1.54, 1.807) is 0 Å². The number of hydrogen-bond acceptors (Lipinski definition) is 1. The highest BCUT2D eigenvalue weighted by Crippen LogP contribution is 2.38. The van der Waals surface area contributed by atoms with E-state index in [-0.39, 0.29) is 0 Å². The van der Waals surface area contributed by atoms with Crippen molar-refractivity contribution in [1.82, 2.24) is 9.97 Å². The van der Waals surface area contributed by atoms with Gasteiger partial charge in [-0.05, 0) is 79.5 Å². The maximum absolute atomic E-state index is 4.27. The Bertz CT molecular complexity index is 2170. The minimum absolute atomic E-state index is 1.13. The second-order valence-corrected chi connectivity index (χ2v) is 10.5. The quantitative estimate of drug-likeness (QED) is 0.245. The lowest BCUT2D eigenvalue weighted by atomic mass is 9.90. The van der Waals surface area contributed by atoms with Crippen molar-refractivity contribution in [2.75, 3.05) is 0 Å². The zero-order valence-corrected chi connectivity index (χ0v) is 22.4. The van der Waals surface area contributed by atoms with Crippen LogP contribution in [-0.4, -0.2) is 9.97 Å². The van der Waals surface area contributed by atoms with Crippen molar-refractivity contribution in [3.8, 4) is 44.5 Å². The van der Waals surface area contributed by atoms with Gasteiger partial charge in [0, 0.05) is 34.2 Å². The second-order valence-electron chi connectivity index (χ2n) is 10.5. The topological polar surface area (TPSA) is 28.7 Å². The lowest BCUT2D eigenvalue weighted by molar-refractivity contribution is 1.33. The van der Waals surface area contributed by atoms with Crippen LogP contribution in [0.1, 0.15) is 0 Å². The third-order valence-corrected chi connectivity index (χ3v) is 8.13. The van der Waals surface area contributed by atoms with Crippen LogP contribution < -0.4 is 0 Å². The van der Waals surface area contributed by atoms with Gasteiger partial charge in [0.25, 0.3) is 0 Å². The van der Waals surface area contributed by atoms with E-state index < -0.39 is 0 Å². The number of nitrogens with one attached hydrogen (secondary N) is 1. The Labute approximate surface area is 238 Å². The lowest BCUT2D eigenvalue weighted by Gasteiger charge is -2.14. The van der Waals surface area contributed by atoms with E-state index in [2.05, 4.69) is 143 Å². The molecule has 2 aromatic heterocycles. The van der Waals surface area contributed by atoms with E-state index in [9.17, 15) is 0 Å². The molecular formula is C39H26N2. The van der Waals surface area contributed by atoms with E-state index in [1.165, 1.54) is 71.5 Å². The molecule has 0 aliphatic heterocycles. The third kappa shape index (κ3) is 4.09. The molecule has 8 aromatic rings. The SMILES string of the molecule is c1cncc(-c2ccc(-c3cccc4cccc(-c5ccc(-c6ccc7[nH]c8ccccc8c7c6)cc5)c34)cc2)c1. The van der Waals surface area contributed by atoms with E-state index >= 15 is 0 Å². The molecule has 0 atom stereocenters. The Morgan fingerprint density at radius 1 is 0.415 bits per heavy atom. The summed E-state index contributed by atoms with van der Waals surface area (Å²) in [6.45, 7) is 0. The fraction of sp³-hybridized carbons (Fsp3) is 0. The van der Waals surface area contributed by atoms with Crippen LogP contribution >= 0.6 is 0 Å². The molecule has 0 saturated heterocycles. The Morgan fingerprint density at radius 2 is 1.02 bits per heavy atom. The molecule has 0 unspecified atom stereocenters. The number of hydrogen-bond donors (Lipinski definition) is 1. The monoisotopic (exact) mass is 522 g/mol. The number of fused-ring (bicyclic) bond motifs is 4. The fourth-order valence-corrected chi connectivity index (χ4v) is 6.07. The van der Waals surface area contributed by atoms with Crippen molar-refractivity contribution >= 4 is 32.6 Å². The first kappa shape index (κ1) is 23.4. The smallest absolute Gasteiger partial charge is 0.0465 e. The zero-order valence-electron chi connectivity index (χ0n) is 22.4. The number of aromatic nitrogens is 2. The third-order valence-electron chi connectivity index (χ3n) is 8.13. The molecule has 2 nitrogen and oxygen atoms in total. The minimum atomic E-state index is 1.13. The number of benzene rings is 6. The summed E-state index contributed by atoms with van der Waals surface area (Å²) >= 11 is 0. The zero-order chi connectivity index (χ0) is 27.2. The highest BCUT2D eigenvalue weighted by atomic mass is 14.7. The van der Waals surface area contributed by atoms with E-state index in [1.807, 2.05) is 18.5 Å². The Morgan fingerprint density at radius 3 is 1.71 bits per heavy atom. The summed E-state index contributed by atoms with van der Waals surface area (Å²) in [6.07, 6.45) is 3.72. The Kier molecular flexibility index (Phi) is 5.49. The molecule has 0 bridgehead atoms. The van der Waals surface area contributed by atoms with Crippen LogP contribution in [0, 0.1) is 0 Å². The van der Waals surface area contributed by atoms with Crippen LogP contribution in [0.15, 0.2) is 152 Å². The van der Waals surface area contributed by atoms with Gasteiger partial charge in [-0.1, -0.05) is 115 Å². The molecule has 2 heterocycles. The molecule has 0 fully saturated rings. The van der Waals surface area contributed by atoms with Crippen molar-refractivity contribution < 1.29 is 0 Å². The summed E-state index contributed by atoms with van der Waals surface area (Å²) in [5, 5.41) is 5.04. The molecule has 2 heteroatoms. The standard InChI is InChI=1S/C39H26N2/c1-2-12-37-35(9-1)36-24-31(21-22-38(36)41-37)26-13-17-28(18-14-26)33-10-3-6-30-7-4-11-34(39(30)33)29-19-15-27(16-20-29)32-8-5-23-40-25-32/h1-25,41H. The molecular weight excluding hydrogens is 496 g/mol. The number of para-hydroxylation sites is 1. The van der Waals surface area contributed by atoms with Crippen molar-refractivity contribution in [3.63, 3.8) is 0 Å². The average Bonchev–Trinajstić information content (AvgIpc) is 3.43. The second kappa shape index (κ2) is 9.62. The molecule has 6 aromatic carbocycles. The van der Waals surface area contributed by atoms with Gasteiger partial charge in [0.2, 0.25) is 0 Å². The fourth-order valence-electron chi connectivity index (χ4n) is 6.07. The molecule has 0 saturated carbocycles. The largest absolute Gasteiger partial charge is 0.355 e. The van der Waals surface area contributed by atoms with Crippen LogP contribution in [0.2, 0.25) is 0 Å². The molecule has 41 heavy (non-hydrogen) atoms. The highest BCUT2D eigenvalue weighted by Gasteiger charge is 2.12. The van der Waals surface area contributed by atoms with Gasteiger partial charge in [0.1, 0.15) is 0 Å². The van der Waals surface area contributed by atoms with Crippen molar-refractivity contribution in [3.05, 3.63) is 152 Å². The molecule has 192 valence electrons. The van der Waals surface area contributed by atoms with Crippen LogP contribution in [0.4, 0.5) is 0 Å². The molecule has 0 radical (unpaired) electrons. The highest BCUT2D eigenvalue weighted by molar-refractivity contribution is 6.09. The number of rotatable bonds is 4. The van der Waals surface area contributed by atoms with Gasteiger partial charge in [-0.25, -0.2) is 0 Å². The molecule has 0 amide bonds. The molecule has 8 rings (SSSR count). The summed E-state index contributed by atoms with van der Waals surface area (Å²) < 4.78 is 0. The summed E-state index contributed by atoms with van der Waals surface area (Å²) in [4.78, 5) is 7.81. The van der Waals surface area contributed by atoms with Gasteiger partial charge in [0.05, 0.1) is 0 Å². The van der Waals surface area contributed by atoms with Crippen molar-refractivity contribution in [2.45, 2.75) is 0 Å². The van der Waals surface area contributed by atoms with E-state index in [0.29, 0.717) is 0 Å². The van der Waals surface area contributed by atoms with Crippen molar-refractivity contribution in [2.24, 2.45) is 0 Å². The lowest BCUT2D eigenvalue weighted by Crippen LogP contribution is -1.87. The minimum Gasteiger partial charge on any atom is -0.355 e. The molecule has 1 N–H and O–H groups in total. The number of nitrogens with zero attached hydrogens (tertiary/aromatic N) is 1. The van der Waals surface area contributed by atoms with E-state index in [4.69, 9.17) is 0 Å². The average molecular weight is 523 g/mol. The first-order valence-electron chi connectivity index (χ1n) is 14.0. The maximum atomic E-state index is 4.27.